The van der Waals surface area contributed by atoms with Gasteiger partial charge < -0.3 is 9.84 Å². The lowest BCUT2D eigenvalue weighted by Gasteiger charge is -2.16. The molecule has 0 unspecified atom stereocenters. The molecule has 1 heterocycles. The SMILES string of the molecule is Cc1cc(Br)c(Cl)cc1/C1=C(\O)CCCCOC1=O. The zero-order valence-corrected chi connectivity index (χ0v) is 12.8. The number of rotatable bonds is 1. The minimum atomic E-state index is -0.487. The Morgan fingerprint density at radius 3 is 2.84 bits per heavy atom. The van der Waals surface area contributed by atoms with Gasteiger partial charge in [0.25, 0.3) is 0 Å². The molecule has 0 saturated carbocycles. The van der Waals surface area contributed by atoms with Crippen LogP contribution < -0.4 is 0 Å². The summed E-state index contributed by atoms with van der Waals surface area (Å²) in [5, 5.41) is 10.6. The van der Waals surface area contributed by atoms with Crippen LogP contribution >= 0.6 is 27.5 Å². The average molecular weight is 346 g/mol. The van der Waals surface area contributed by atoms with Crippen LogP contribution in [0.1, 0.15) is 30.4 Å². The van der Waals surface area contributed by atoms with Crippen LogP contribution in [0, 0.1) is 6.92 Å². The second-order valence-corrected chi connectivity index (χ2v) is 5.76. The topological polar surface area (TPSA) is 46.5 Å². The van der Waals surface area contributed by atoms with Gasteiger partial charge in [0.05, 0.1) is 11.6 Å². The summed E-state index contributed by atoms with van der Waals surface area (Å²) < 4.78 is 5.89. The zero-order valence-electron chi connectivity index (χ0n) is 10.5. The molecule has 1 aliphatic rings. The molecule has 0 saturated heterocycles. The molecule has 1 aliphatic heterocycles. The summed E-state index contributed by atoms with van der Waals surface area (Å²) in [6.07, 6.45) is 2.05. The van der Waals surface area contributed by atoms with Gasteiger partial charge in [-0.2, -0.15) is 0 Å². The molecule has 102 valence electrons. The fourth-order valence-electron chi connectivity index (χ4n) is 2.06. The van der Waals surface area contributed by atoms with Gasteiger partial charge in [-0.3, -0.25) is 0 Å². The first-order chi connectivity index (χ1) is 9.00. The quantitative estimate of drug-likeness (QED) is 0.767. The van der Waals surface area contributed by atoms with Crippen LogP contribution in [0.2, 0.25) is 5.02 Å². The van der Waals surface area contributed by atoms with Gasteiger partial charge in [-0.1, -0.05) is 11.6 Å². The van der Waals surface area contributed by atoms with Gasteiger partial charge in [0.1, 0.15) is 11.3 Å². The number of esters is 1. The van der Waals surface area contributed by atoms with Crippen molar-refractivity contribution in [3.05, 3.63) is 38.5 Å². The fraction of sp³-hybridized carbons (Fsp3) is 0.357. The maximum atomic E-state index is 12.0. The third-order valence-electron chi connectivity index (χ3n) is 3.07. The minimum absolute atomic E-state index is 0.0752. The van der Waals surface area contributed by atoms with Gasteiger partial charge in [0.2, 0.25) is 0 Å². The second kappa shape index (κ2) is 5.97. The Balaban J connectivity index is 2.56. The molecule has 0 bridgehead atoms. The monoisotopic (exact) mass is 344 g/mol. The third-order valence-corrected chi connectivity index (χ3v) is 4.27. The predicted octanol–water partition coefficient (Wildman–Crippen LogP) is 4.41. The van der Waals surface area contributed by atoms with Gasteiger partial charge >= 0.3 is 5.97 Å². The molecule has 0 spiro atoms. The number of hydrogen-bond acceptors (Lipinski definition) is 3. The van der Waals surface area contributed by atoms with E-state index in [1.807, 2.05) is 13.0 Å². The Hall–Kier alpha value is -1.00. The maximum absolute atomic E-state index is 12.0. The van der Waals surface area contributed by atoms with Crippen molar-refractivity contribution in [2.75, 3.05) is 6.61 Å². The van der Waals surface area contributed by atoms with E-state index in [-0.39, 0.29) is 11.3 Å². The number of ether oxygens (including phenoxy) is 1. The van der Waals surface area contributed by atoms with Crippen LogP contribution in [-0.4, -0.2) is 17.7 Å². The van der Waals surface area contributed by atoms with Gasteiger partial charge in [-0.15, -0.1) is 0 Å². The Bertz CT molecular complexity index is 552. The number of aliphatic hydroxyl groups is 1. The largest absolute Gasteiger partial charge is 0.511 e. The van der Waals surface area contributed by atoms with E-state index in [0.717, 1.165) is 22.9 Å². The Labute approximate surface area is 125 Å². The molecular formula is C14H14BrClO3. The van der Waals surface area contributed by atoms with Crippen LogP contribution in [0.3, 0.4) is 0 Å². The Kier molecular flexibility index (Phi) is 4.53. The van der Waals surface area contributed by atoms with Crippen molar-refractivity contribution in [3.63, 3.8) is 0 Å². The summed E-state index contributed by atoms with van der Waals surface area (Å²) in [4.78, 5) is 12.0. The summed E-state index contributed by atoms with van der Waals surface area (Å²) in [6, 6.07) is 3.50. The number of hydrogen-bond donors (Lipinski definition) is 1. The summed E-state index contributed by atoms with van der Waals surface area (Å²) >= 11 is 9.41. The van der Waals surface area contributed by atoms with E-state index in [9.17, 15) is 9.90 Å². The summed E-state index contributed by atoms with van der Waals surface area (Å²) in [5.41, 5.74) is 1.71. The summed E-state index contributed by atoms with van der Waals surface area (Å²) in [5.74, 6) is -0.412. The maximum Gasteiger partial charge on any atom is 0.342 e. The Morgan fingerprint density at radius 2 is 2.11 bits per heavy atom. The van der Waals surface area contributed by atoms with Crippen molar-refractivity contribution in [2.24, 2.45) is 0 Å². The van der Waals surface area contributed by atoms with Crippen molar-refractivity contribution in [2.45, 2.75) is 26.2 Å². The molecular weight excluding hydrogens is 332 g/mol. The molecule has 2 rings (SSSR count). The number of aryl methyl sites for hydroxylation is 1. The molecule has 0 fully saturated rings. The molecule has 0 aliphatic carbocycles. The van der Waals surface area contributed by atoms with Gasteiger partial charge in [-0.05, 0) is 59.0 Å². The smallest absolute Gasteiger partial charge is 0.342 e. The number of benzene rings is 1. The first-order valence-electron chi connectivity index (χ1n) is 6.06. The van der Waals surface area contributed by atoms with Crippen molar-refractivity contribution >= 4 is 39.1 Å². The van der Waals surface area contributed by atoms with E-state index in [2.05, 4.69) is 15.9 Å². The molecule has 5 heteroatoms. The van der Waals surface area contributed by atoms with Crippen LogP contribution in [0.25, 0.3) is 5.57 Å². The van der Waals surface area contributed by atoms with Crippen molar-refractivity contribution in [3.8, 4) is 0 Å². The van der Waals surface area contributed by atoms with Crippen LogP contribution in [0.5, 0.6) is 0 Å². The van der Waals surface area contributed by atoms with Gasteiger partial charge in [0.15, 0.2) is 0 Å². The van der Waals surface area contributed by atoms with Crippen molar-refractivity contribution in [1.82, 2.24) is 0 Å². The Morgan fingerprint density at radius 1 is 1.37 bits per heavy atom. The van der Waals surface area contributed by atoms with Crippen LogP contribution in [-0.2, 0) is 9.53 Å². The first-order valence-corrected chi connectivity index (χ1v) is 7.23. The lowest BCUT2D eigenvalue weighted by Crippen LogP contribution is -2.14. The highest BCUT2D eigenvalue weighted by molar-refractivity contribution is 9.10. The molecule has 0 aromatic heterocycles. The van der Waals surface area contributed by atoms with E-state index in [1.165, 1.54) is 0 Å². The molecule has 0 atom stereocenters. The van der Waals surface area contributed by atoms with Gasteiger partial charge in [-0.25, -0.2) is 4.79 Å². The average Bonchev–Trinajstić information content (AvgIpc) is 2.33. The highest BCUT2D eigenvalue weighted by Crippen LogP contribution is 2.32. The highest BCUT2D eigenvalue weighted by atomic mass is 79.9. The lowest BCUT2D eigenvalue weighted by atomic mass is 9.97. The zero-order chi connectivity index (χ0) is 14.0. The van der Waals surface area contributed by atoms with E-state index < -0.39 is 5.97 Å². The van der Waals surface area contributed by atoms with E-state index in [1.54, 1.807) is 6.07 Å². The van der Waals surface area contributed by atoms with Crippen LogP contribution in [0.15, 0.2) is 22.4 Å². The van der Waals surface area contributed by atoms with Crippen molar-refractivity contribution < 1.29 is 14.6 Å². The second-order valence-electron chi connectivity index (χ2n) is 4.50. The highest BCUT2D eigenvalue weighted by Gasteiger charge is 2.23. The predicted molar refractivity (Wildman–Crippen MR) is 78.2 cm³/mol. The molecule has 1 aromatic rings. The number of halogens is 2. The number of allylic oxidation sites excluding steroid dienone is 1. The number of aliphatic hydroxyl groups excluding tert-OH is 1. The number of carbonyl (C=O) groups excluding carboxylic acids is 1. The molecule has 0 amide bonds. The number of cyclic esters (lactones) is 1. The van der Waals surface area contributed by atoms with Crippen LogP contribution in [0.4, 0.5) is 0 Å². The number of carbonyl (C=O) groups is 1. The molecule has 19 heavy (non-hydrogen) atoms. The van der Waals surface area contributed by atoms with E-state index in [4.69, 9.17) is 16.3 Å². The van der Waals surface area contributed by atoms with Gasteiger partial charge in [0, 0.05) is 10.9 Å². The minimum Gasteiger partial charge on any atom is -0.511 e. The van der Waals surface area contributed by atoms with E-state index >= 15 is 0 Å². The third kappa shape index (κ3) is 3.12. The normalized spacial score (nSPS) is 20.7. The molecule has 1 N–H and O–H groups in total. The standard InChI is InChI=1S/C14H14BrClO3/c1-8-6-10(15)11(16)7-9(8)13-12(17)4-2-3-5-19-14(13)18/h6-7,17H,2-5H2,1H3/b13-12+. The summed E-state index contributed by atoms with van der Waals surface area (Å²) in [6.45, 7) is 2.25. The lowest BCUT2D eigenvalue weighted by molar-refractivity contribution is -0.137. The first kappa shape index (κ1) is 14.4. The molecule has 0 radical (unpaired) electrons. The molecule has 1 aromatic carbocycles. The van der Waals surface area contributed by atoms with Crippen molar-refractivity contribution in [1.29, 1.82) is 0 Å². The van der Waals surface area contributed by atoms with E-state index in [0.29, 0.717) is 23.6 Å². The summed E-state index contributed by atoms with van der Waals surface area (Å²) in [7, 11) is 0. The fourth-order valence-corrected chi connectivity index (χ4v) is 2.68. The molecule has 3 nitrogen and oxygen atoms in total.